The molecular formula is C30H34ClF3N4O5. The van der Waals surface area contributed by atoms with Gasteiger partial charge in [-0.2, -0.15) is 13.2 Å². The lowest BCUT2D eigenvalue weighted by atomic mass is 9.83. The number of anilines is 1. The number of rotatable bonds is 10. The summed E-state index contributed by atoms with van der Waals surface area (Å²) in [6.45, 7) is 5.94. The molecule has 3 amide bonds. The summed E-state index contributed by atoms with van der Waals surface area (Å²) in [4.78, 5) is 67.4. The lowest BCUT2D eigenvalue weighted by Crippen LogP contribution is -2.67. The molecule has 0 bridgehead atoms. The first kappa shape index (κ1) is 33.7. The third-order valence-electron chi connectivity index (χ3n) is 7.43. The van der Waals surface area contributed by atoms with Crippen molar-refractivity contribution in [1.29, 1.82) is 0 Å². The molecular weight excluding hydrogens is 589 g/mol. The average Bonchev–Trinajstić information content (AvgIpc) is 3.41. The van der Waals surface area contributed by atoms with Crippen molar-refractivity contribution in [2.45, 2.75) is 64.3 Å². The highest BCUT2D eigenvalue weighted by molar-refractivity contribution is 6.30. The van der Waals surface area contributed by atoms with Gasteiger partial charge in [-0.1, -0.05) is 51.4 Å². The topological polar surface area (TPSA) is 139 Å². The van der Waals surface area contributed by atoms with Crippen molar-refractivity contribution in [1.82, 2.24) is 10.2 Å². The van der Waals surface area contributed by atoms with E-state index in [-0.39, 0.29) is 36.4 Å². The van der Waals surface area contributed by atoms with E-state index in [0.29, 0.717) is 10.7 Å². The van der Waals surface area contributed by atoms with Gasteiger partial charge in [-0.15, -0.1) is 0 Å². The minimum absolute atomic E-state index is 0.0560. The van der Waals surface area contributed by atoms with Crippen LogP contribution in [-0.4, -0.2) is 64.5 Å². The van der Waals surface area contributed by atoms with Gasteiger partial charge in [0.25, 0.3) is 17.6 Å². The van der Waals surface area contributed by atoms with Crippen LogP contribution in [0.2, 0.25) is 5.02 Å². The Morgan fingerprint density at radius 1 is 0.907 bits per heavy atom. The second kappa shape index (κ2) is 13.3. The van der Waals surface area contributed by atoms with Gasteiger partial charge in [0.1, 0.15) is 0 Å². The number of hydrogen-bond acceptors (Lipinski definition) is 6. The molecule has 0 spiro atoms. The smallest absolute Gasteiger partial charge is 0.343 e. The van der Waals surface area contributed by atoms with Crippen molar-refractivity contribution in [3.8, 4) is 0 Å². The van der Waals surface area contributed by atoms with Crippen LogP contribution in [0.1, 0.15) is 61.3 Å². The van der Waals surface area contributed by atoms with Crippen molar-refractivity contribution in [3.05, 3.63) is 64.7 Å². The fraction of sp³-hybridized carbons (Fsp3) is 0.433. The quantitative estimate of drug-likeness (QED) is 0.265. The molecule has 2 aromatic rings. The summed E-state index contributed by atoms with van der Waals surface area (Å²) in [5.74, 6) is -6.84. The monoisotopic (exact) mass is 622 g/mol. The fourth-order valence-electron chi connectivity index (χ4n) is 4.88. The first-order chi connectivity index (χ1) is 20.0. The third kappa shape index (κ3) is 7.24. The molecule has 1 aliphatic rings. The maximum atomic E-state index is 14.1. The van der Waals surface area contributed by atoms with Crippen LogP contribution in [0.4, 0.5) is 18.9 Å². The van der Waals surface area contributed by atoms with Gasteiger partial charge < -0.3 is 21.3 Å². The zero-order valence-electron chi connectivity index (χ0n) is 24.1. The van der Waals surface area contributed by atoms with Crippen LogP contribution in [0.15, 0.2) is 48.5 Å². The predicted octanol–water partition coefficient (Wildman–Crippen LogP) is 4.39. The Labute approximate surface area is 252 Å². The number of nitrogens with zero attached hydrogens (tertiary/aromatic N) is 1. The molecule has 1 fully saturated rings. The molecule has 9 nitrogen and oxygen atoms in total. The predicted molar refractivity (Wildman–Crippen MR) is 154 cm³/mol. The van der Waals surface area contributed by atoms with Crippen LogP contribution in [0.3, 0.4) is 0 Å². The summed E-state index contributed by atoms with van der Waals surface area (Å²) in [6, 6.07) is 8.55. The zero-order chi connectivity index (χ0) is 32.3. The molecule has 2 aromatic carbocycles. The Morgan fingerprint density at radius 3 is 1.98 bits per heavy atom. The van der Waals surface area contributed by atoms with Crippen LogP contribution in [0.5, 0.6) is 0 Å². The van der Waals surface area contributed by atoms with Crippen molar-refractivity contribution < 1.29 is 37.1 Å². The van der Waals surface area contributed by atoms with Crippen molar-refractivity contribution in [2.75, 3.05) is 11.9 Å². The summed E-state index contributed by atoms with van der Waals surface area (Å²) in [5.41, 5.74) is 4.39. The molecule has 0 aromatic heterocycles. The van der Waals surface area contributed by atoms with Crippen LogP contribution in [0.25, 0.3) is 0 Å². The molecule has 43 heavy (non-hydrogen) atoms. The third-order valence-corrected chi connectivity index (χ3v) is 7.68. The maximum absolute atomic E-state index is 14.1. The second-order valence-electron chi connectivity index (χ2n) is 11.1. The minimum Gasteiger partial charge on any atom is -0.343 e. The number of halogens is 4. The largest absolute Gasteiger partial charge is 0.452 e. The normalized spacial score (nSPS) is 18.3. The SMILES string of the molecule is CC(C)C(NC(=O)[C@]1(C(=O)c2ccc(C(=O)Nc3ccc(Cl)cc3)cc2)CCCN1C(=O)[C@@H](N)C(C)C)C(=O)C(F)(F)F. The van der Waals surface area contributed by atoms with Gasteiger partial charge >= 0.3 is 6.18 Å². The van der Waals surface area contributed by atoms with E-state index in [1.165, 1.54) is 38.1 Å². The number of nitrogens with one attached hydrogen (secondary N) is 2. The zero-order valence-corrected chi connectivity index (χ0v) is 24.9. The van der Waals surface area contributed by atoms with Crippen LogP contribution in [0, 0.1) is 11.8 Å². The fourth-order valence-corrected chi connectivity index (χ4v) is 5.00. The number of carbonyl (C=O) groups excluding carboxylic acids is 5. The summed E-state index contributed by atoms with van der Waals surface area (Å²) in [7, 11) is 0. The number of hydrogen-bond donors (Lipinski definition) is 3. The molecule has 1 aliphatic heterocycles. The molecule has 0 radical (unpaired) electrons. The maximum Gasteiger partial charge on any atom is 0.452 e. The molecule has 1 saturated heterocycles. The molecule has 3 atom stereocenters. The van der Waals surface area contributed by atoms with Gasteiger partial charge in [-0.25, -0.2) is 0 Å². The first-order valence-corrected chi connectivity index (χ1v) is 14.1. The van der Waals surface area contributed by atoms with Crippen molar-refractivity contribution in [3.63, 3.8) is 0 Å². The lowest BCUT2D eigenvalue weighted by molar-refractivity contribution is -0.175. The Bertz CT molecular complexity index is 1380. The Hall–Kier alpha value is -3.77. The second-order valence-corrected chi connectivity index (χ2v) is 11.6. The average molecular weight is 623 g/mol. The molecule has 1 heterocycles. The van der Waals surface area contributed by atoms with Crippen LogP contribution in [-0.2, 0) is 14.4 Å². The van der Waals surface area contributed by atoms with Gasteiger partial charge in [0.15, 0.2) is 11.3 Å². The van der Waals surface area contributed by atoms with Gasteiger partial charge in [-0.05, 0) is 61.1 Å². The molecule has 0 saturated carbocycles. The Kier molecular flexibility index (Phi) is 10.4. The summed E-state index contributed by atoms with van der Waals surface area (Å²) in [5, 5.41) is 5.29. The molecule has 232 valence electrons. The number of Topliss-reactive ketones (excluding diaryl/α,β-unsaturated/α-hetero) is 2. The van der Waals surface area contributed by atoms with E-state index in [1.54, 1.807) is 38.1 Å². The lowest BCUT2D eigenvalue weighted by Gasteiger charge is -2.39. The van der Waals surface area contributed by atoms with E-state index in [9.17, 15) is 37.1 Å². The van der Waals surface area contributed by atoms with Gasteiger partial charge in [0.2, 0.25) is 5.91 Å². The molecule has 0 aliphatic carbocycles. The van der Waals surface area contributed by atoms with E-state index in [4.69, 9.17) is 17.3 Å². The van der Waals surface area contributed by atoms with Gasteiger partial charge in [0, 0.05) is 28.4 Å². The number of benzene rings is 2. The molecule has 3 rings (SSSR count). The molecule has 13 heteroatoms. The van der Waals surface area contributed by atoms with E-state index >= 15 is 0 Å². The van der Waals surface area contributed by atoms with E-state index in [1.807, 2.05) is 0 Å². The Balaban J connectivity index is 2.00. The summed E-state index contributed by atoms with van der Waals surface area (Å²) in [6.07, 6.45) is -5.28. The number of carbonyl (C=O) groups is 5. The van der Waals surface area contributed by atoms with Crippen LogP contribution < -0.4 is 16.4 Å². The van der Waals surface area contributed by atoms with Gasteiger partial charge in [0.05, 0.1) is 12.1 Å². The van der Waals surface area contributed by atoms with E-state index in [0.717, 1.165) is 4.90 Å². The van der Waals surface area contributed by atoms with Crippen LogP contribution >= 0.6 is 11.6 Å². The van der Waals surface area contributed by atoms with Gasteiger partial charge in [-0.3, -0.25) is 24.0 Å². The minimum atomic E-state index is -5.24. The number of ketones is 2. The van der Waals surface area contributed by atoms with Crippen molar-refractivity contribution in [2.24, 2.45) is 17.6 Å². The Morgan fingerprint density at radius 2 is 1.47 bits per heavy atom. The summed E-state index contributed by atoms with van der Waals surface area (Å²) < 4.78 is 40.1. The highest BCUT2D eigenvalue weighted by atomic mass is 35.5. The van der Waals surface area contributed by atoms with Crippen molar-refractivity contribution >= 4 is 46.6 Å². The highest BCUT2D eigenvalue weighted by Gasteiger charge is 2.57. The van der Waals surface area contributed by atoms with E-state index < -0.39 is 59.0 Å². The number of likely N-dealkylation sites (tertiary alicyclic amines) is 1. The molecule has 4 N–H and O–H groups in total. The molecule has 1 unspecified atom stereocenters. The first-order valence-electron chi connectivity index (χ1n) is 13.7. The van der Waals surface area contributed by atoms with E-state index in [2.05, 4.69) is 10.6 Å². The highest BCUT2D eigenvalue weighted by Crippen LogP contribution is 2.35. The number of amides is 3. The number of nitrogens with two attached hydrogens (primary N) is 1. The standard InChI is InChI=1S/C30H34ClF3N4O5/c1-16(2)22(35)27(42)38-15-5-14-29(38,28(43)37-23(17(3)4)25(40)30(32,33)34)24(39)18-6-8-19(9-7-18)26(41)36-21-12-10-20(31)11-13-21/h6-13,16-17,22-23H,5,14-15,35H2,1-4H3,(H,36,41)(H,37,43)/t22-,23?,29+/m0/s1. The summed E-state index contributed by atoms with van der Waals surface area (Å²) >= 11 is 5.87. The number of alkyl halides is 3.